The Morgan fingerprint density at radius 3 is 2.49 bits per heavy atom. The first-order chi connectivity index (χ1) is 19.6. The molecule has 5 rings (SSSR count). The van der Waals surface area contributed by atoms with Gasteiger partial charge >= 0.3 is 5.97 Å². The first-order valence-electron chi connectivity index (χ1n) is 13.6. The zero-order valence-corrected chi connectivity index (χ0v) is 23.6. The number of rotatable bonds is 6. The van der Waals surface area contributed by atoms with Crippen LogP contribution in [0.2, 0.25) is 0 Å². The Morgan fingerprint density at radius 1 is 0.951 bits per heavy atom. The van der Waals surface area contributed by atoms with Gasteiger partial charge in [0.15, 0.2) is 11.5 Å². The summed E-state index contributed by atoms with van der Waals surface area (Å²) in [7, 11) is 1.46. The summed E-state index contributed by atoms with van der Waals surface area (Å²) in [5.41, 5.74) is 4.08. The Bertz CT molecular complexity index is 1620. The summed E-state index contributed by atoms with van der Waals surface area (Å²) < 4.78 is 12.4. The molecule has 1 saturated heterocycles. The fourth-order valence-electron chi connectivity index (χ4n) is 5.64. The van der Waals surface area contributed by atoms with Gasteiger partial charge < -0.3 is 24.3 Å². The van der Waals surface area contributed by atoms with E-state index in [-0.39, 0.29) is 34.7 Å². The minimum absolute atomic E-state index is 0.0237. The lowest BCUT2D eigenvalue weighted by molar-refractivity contribution is -0.132. The van der Waals surface area contributed by atoms with Gasteiger partial charge in [0.1, 0.15) is 5.70 Å². The molecule has 2 bridgehead atoms. The van der Waals surface area contributed by atoms with E-state index >= 15 is 0 Å². The number of aromatic nitrogens is 1. The van der Waals surface area contributed by atoms with Gasteiger partial charge in [-0.3, -0.25) is 19.2 Å². The van der Waals surface area contributed by atoms with Crippen LogP contribution >= 0.6 is 0 Å². The van der Waals surface area contributed by atoms with Gasteiger partial charge in [0.2, 0.25) is 0 Å². The monoisotopic (exact) mass is 555 g/mol. The van der Waals surface area contributed by atoms with E-state index in [2.05, 4.69) is 5.32 Å². The van der Waals surface area contributed by atoms with E-state index in [1.165, 1.54) is 14.0 Å². The number of hydrogen-bond acceptors (Lipinski definition) is 6. The third-order valence-corrected chi connectivity index (χ3v) is 7.77. The highest BCUT2D eigenvalue weighted by atomic mass is 16.6. The third kappa shape index (κ3) is 5.94. The molecule has 1 fully saturated rings. The van der Waals surface area contributed by atoms with Gasteiger partial charge in [0.25, 0.3) is 17.4 Å². The number of pyridine rings is 1. The minimum Gasteiger partial charge on any atom is -0.493 e. The molecule has 1 N–H and O–H groups in total. The largest absolute Gasteiger partial charge is 0.493 e. The number of fused-ring (bicyclic) bond motifs is 4. The van der Waals surface area contributed by atoms with Gasteiger partial charge in [0, 0.05) is 49.8 Å². The van der Waals surface area contributed by atoms with Gasteiger partial charge in [-0.1, -0.05) is 18.2 Å². The number of nitrogens with one attached hydrogen (secondary N) is 1. The maximum Gasteiger partial charge on any atom is 0.308 e. The molecule has 9 nitrogen and oxygen atoms in total. The first kappa shape index (κ1) is 27.9. The highest BCUT2D eigenvalue weighted by Gasteiger charge is 2.37. The number of methoxy groups -OCH3 is 1. The first-order valence-corrected chi connectivity index (χ1v) is 13.6. The maximum absolute atomic E-state index is 14.0. The Hall–Kier alpha value is -4.66. The average molecular weight is 556 g/mol. The third-order valence-electron chi connectivity index (χ3n) is 7.77. The van der Waals surface area contributed by atoms with E-state index in [0.717, 1.165) is 23.2 Å². The molecule has 0 saturated carbocycles. The van der Waals surface area contributed by atoms with Crippen LogP contribution in [0.25, 0.3) is 6.08 Å². The Kier molecular flexibility index (Phi) is 7.79. The van der Waals surface area contributed by atoms with Crippen LogP contribution in [-0.4, -0.2) is 47.4 Å². The molecule has 1 aromatic heterocycles. The molecular formula is C32H33N3O6. The number of piperidine rings is 1. The van der Waals surface area contributed by atoms with Crippen molar-refractivity contribution in [1.82, 2.24) is 14.8 Å². The summed E-state index contributed by atoms with van der Waals surface area (Å²) >= 11 is 0. The van der Waals surface area contributed by atoms with E-state index in [1.54, 1.807) is 53.4 Å². The maximum atomic E-state index is 14.0. The van der Waals surface area contributed by atoms with E-state index in [9.17, 15) is 19.2 Å². The molecule has 2 aromatic carbocycles. The lowest BCUT2D eigenvalue weighted by Gasteiger charge is -2.43. The molecule has 41 heavy (non-hydrogen) atoms. The van der Waals surface area contributed by atoms with Crippen molar-refractivity contribution in [1.29, 1.82) is 0 Å². The Labute approximate surface area is 238 Å². The summed E-state index contributed by atoms with van der Waals surface area (Å²) in [4.78, 5) is 53.1. The van der Waals surface area contributed by atoms with Crippen molar-refractivity contribution in [3.8, 4) is 11.5 Å². The molecule has 0 radical (unpaired) electrons. The minimum atomic E-state index is -0.484. The molecule has 0 aliphatic carbocycles. The molecule has 3 heterocycles. The fourth-order valence-corrected chi connectivity index (χ4v) is 5.64. The van der Waals surface area contributed by atoms with Crippen molar-refractivity contribution in [3.05, 3.63) is 98.6 Å². The van der Waals surface area contributed by atoms with Crippen molar-refractivity contribution in [2.45, 2.75) is 39.7 Å². The fraction of sp³-hybridized carbons (Fsp3) is 0.312. The number of aryl methyl sites for hydroxylation is 2. The van der Waals surface area contributed by atoms with Crippen LogP contribution in [0.4, 0.5) is 0 Å². The van der Waals surface area contributed by atoms with Gasteiger partial charge in [0.05, 0.1) is 7.11 Å². The number of esters is 1. The zero-order chi connectivity index (χ0) is 29.3. The molecule has 9 heteroatoms. The second-order valence-electron chi connectivity index (χ2n) is 10.7. The van der Waals surface area contributed by atoms with E-state index in [4.69, 9.17) is 9.47 Å². The number of hydrogen-bond donors (Lipinski definition) is 1. The number of benzene rings is 2. The standard InChI is InChI=1S/C32H33N3O6/c1-19-8-10-24(12-20(19)2)31(38)33-26(14-22-9-11-28(41-21(3)36)29(15-22)40-4)32(39)34-16-23-13-25(18-34)27-6-5-7-30(37)35(27)17-23/h5-12,14-15,23,25H,13,16-18H2,1-4H3,(H,33,38). The SMILES string of the molecule is COc1cc(C=C(NC(=O)c2ccc(C)c(C)c2)C(=O)N2CC3CC(C2)c2cccc(=O)n2C3)ccc1OC(C)=O. The normalized spacial score (nSPS) is 17.9. The van der Waals surface area contributed by atoms with Crippen LogP contribution in [0.5, 0.6) is 11.5 Å². The smallest absolute Gasteiger partial charge is 0.308 e. The van der Waals surface area contributed by atoms with E-state index in [0.29, 0.717) is 36.5 Å². The average Bonchev–Trinajstić information content (AvgIpc) is 2.94. The van der Waals surface area contributed by atoms with Crippen LogP contribution in [0.1, 0.15) is 52.0 Å². The molecule has 2 unspecified atom stereocenters. The van der Waals surface area contributed by atoms with Crippen molar-refractivity contribution in [3.63, 3.8) is 0 Å². The Morgan fingerprint density at radius 2 is 1.76 bits per heavy atom. The zero-order valence-electron chi connectivity index (χ0n) is 23.6. The summed E-state index contributed by atoms with van der Waals surface area (Å²) in [6, 6.07) is 15.6. The Balaban J connectivity index is 1.48. The molecule has 2 amide bonds. The lowest BCUT2D eigenvalue weighted by atomic mass is 9.83. The molecule has 2 aliphatic heterocycles. The number of amides is 2. The summed E-state index contributed by atoms with van der Waals surface area (Å²) in [6.07, 6.45) is 2.50. The molecule has 2 aliphatic rings. The molecule has 2 atom stereocenters. The van der Waals surface area contributed by atoms with Crippen LogP contribution in [0, 0.1) is 19.8 Å². The van der Waals surface area contributed by atoms with Crippen molar-refractivity contribution >= 4 is 23.9 Å². The van der Waals surface area contributed by atoms with E-state index < -0.39 is 11.9 Å². The highest BCUT2D eigenvalue weighted by molar-refractivity contribution is 6.05. The van der Waals surface area contributed by atoms with Crippen LogP contribution in [0.15, 0.2) is 65.1 Å². The van der Waals surface area contributed by atoms with Gasteiger partial charge in [-0.15, -0.1) is 0 Å². The quantitative estimate of drug-likeness (QED) is 0.282. The second-order valence-corrected chi connectivity index (χ2v) is 10.7. The van der Waals surface area contributed by atoms with Crippen molar-refractivity contribution in [2.24, 2.45) is 5.92 Å². The predicted octanol–water partition coefficient (Wildman–Crippen LogP) is 3.82. The predicted molar refractivity (Wildman–Crippen MR) is 154 cm³/mol. The summed E-state index contributed by atoms with van der Waals surface area (Å²) in [5.74, 6) is -0.470. The molecule has 3 aromatic rings. The van der Waals surface area contributed by atoms with Crippen LogP contribution in [-0.2, 0) is 16.1 Å². The number of carbonyl (C=O) groups is 3. The van der Waals surface area contributed by atoms with Crippen molar-refractivity contribution in [2.75, 3.05) is 20.2 Å². The van der Waals surface area contributed by atoms with Crippen LogP contribution in [0.3, 0.4) is 0 Å². The molecule has 0 spiro atoms. The lowest BCUT2D eigenvalue weighted by Crippen LogP contribution is -2.50. The van der Waals surface area contributed by atoms with Crippen LogP contribution < -0.4 is 20.3 Å². The number of carbonyl (C=O) groups excluding carboxylic acids is 3. The van der Waals surface area contributed by atoms with Gasteiger partial charge in [-0.05, 0) is 79.3 Å². The summed E-state index contributed by atoms with van der Waals surface area (Å²) in [6.45, 7) is 6.66. The van der Waals surface area contributed by atoms with Crippen molar-refractivity contribution < 1.29 is 23.9 Å². The second kappa shape index (κ2) is 11.4. The number of ether oxygens (including phenoxy) is 2. The van der Waals surface area contributed by atoms with Gasteiger partial charge in [-0.2, -0.15) is 0 Å². The number of nitrogens with zero attached hydrogens (tertiary/aromatic N) is 2. The summed E-state index contributed by atoms with van der Waals surface area (Å²) in [5, 5.41) is 2.85. The topological polar surface area (TPSA) is 107 Å². The highest BCUT2D eigenvalue weighted by Crippen LogP contribution is 2.35. The number of likely N-dealkylation sites (tertiary alicyclic amines) is 1. The molecular weight excluding hydrogens is 522 g/mol. The van der Waals surface area contributed by atoms with Gasteiger partial charge in [-0.25, -0.2) is 0 Å². The van der Waals surface area contributed by atoms with E-state index in [1.807, 2.05) is 30.5 Å². The molecule has 212 valence electrons.